The zero-order valence-electron chi connectivity index (χ0n) is 25.1. The Labute approximate surface area is 267 Å². The Morgan fingerprint density at radius 2 is 0.955 bits per heavy atom. The van der Waals surface area contributed by atoms with Crippen LogP contribution in [0.5, 0.6) is 23.0 Å². The molecule has 0 N–H and O–H groups in total. The lowest BCUT2D eigenvalue weighted by Crippen LogP contribution is -2.51. The lowest BCUT2D eigenvalue weighted by Gasteiger charge is -2.45. The van der Waals surface area contributed by atoms with E-state index in [1.807, 2.05) is 82.6 Å². The molecule has 2 aliphatic heterocycles. The van der Waals surface area contributed by atoms with Gasteiger partial charge in [-0.25, -0.2) is 4.79 Å². The number of carbonyl (C=O) groups is 1. The average Bonchev–Trinajstić information content (AvgIpc) is 3.06. The maximum Gasteiger partial charge on any atom is 0.321 e. The number of hydrogen-bond acceptors (Lipinski definition) is 5. The molecule has 0 saturated carbocycles. The van der Waals surface area contributed by atoms with Crippen molar-refractivity contribution in [2.24, 2.45) is 0 Å². The molecule has 0 spiro atoms. The second-order valence-electron chi connectivity index (χ2n) is 10.8. The largest absolute Gasteiger partial charge is 0.493 e. The number of urea groups is 1. The van der Waals surface area contributed by atoms with Crippen molar-refractivity contribution >= 4 is 29.2 Å². The van der Waals surface area contributed by atoms with Crippen LogP contribution in [0.3, 0.4) is 0 Å². The SMILES string of the molecule is COc1cc2c(cc1OC)[C@@H](c1ccccc1Cl)N(C(=O)N1CCc3cc(OC)c(OC)cc3[C@H]1c1ccccc1Cl)CC2. The van der Waals surface area contributed by atoms with E-state index in [2.05, 4.69) is 0 Å². The molecule has 0 fully saturated rings. The number of ether oxygens (including phenoxy) is 4. The number of halogens is 2. The molecule has 0 bridgehead atoms. The topological polar surface area (TPSA) is 60.5 Å². The Balaban J connectivity index is 1.50. The maximum atomic E-state index is 15.0. The normalized spacial score (nSPS) is 17.4. The minimum Gasteiger partial charge on any atom is -0.493 e. The second kappa shape index (κ2) is 12.5. The van der Waals surface area contributed by atoms with Crippen LogP contribution in [0.15, 0.2) is 72.8 Å². The number of methoxy groups -OCH3 is 4. The number of benzene rings is 4. The van der Waals surface area contributed by atoms with E-state index < -0.39 is 12.1 Å². The van der Waals surface area contributed by atoms with E-state index in [-0.39, 0.29) is 6.03 Å². The van der Waals surface area contributed by atoms with Crippen LogP contribution in [0.2, 0.25) is 10.0 Å². The molecule has 0 aromatic heterocycles. The highest BCUT2D eigenvalue weighted by atomic mass is 35.5. The van der Waals surface area contributed by atoms with Crippen molar-refractivity contribution in [2.75, 3.05) is 41.5 Å². The lowest BCUT2D eigenvalue weighted by molar-refractivity contribution is 0.123. The first-order chi connectivity index (χ1) is 21.4. The molecule has 2 atom stereocenters. The average molecular weight is 634 g/mol. The summed E-state index contributed by atoms with van der Waals surface area (Å²) in [6, 6.07) is 22.3. The van der Waals surface area contributed by atoms with Crippen LogP contribution in [-0.4, -0.2) is 57.4 Å². The summed E-state index contributed by atoms with van der Waals surface area (Å²) in [6.45, 7) is 0.976. The van der Waals surface area contributed by atoms with Crippen molar-refractivity contribution in [2.45, 2.75) is 24.9 Å². The molecule has 0 unspecified atom stereocenters. The summed E-state index contributed by atoms with van der Waals surface area (Å²) in [5.74, 6) is 2.50. The fourth-order valence-electron chi connectivity index (χ4n) is 6.53. The number of rotatable bonds is 6. The highest BCUT2D eigenvalue weighted by Crippen LogP contribution is 2.46. The first-order valence-corrected chi connectivity index (χ1v) is 15.2. The highest BCUT2D eigenvalue weighted by Gasteiger charge is 2.41. The van der Waals surface area contributed by atoms with Crippen LogP contribution in [-0.2, 0) is 12.8 Å². The van der Waals surface area contributed by atoms with Gasteiger partial charge in [0.2, 0.25) is 0 Å². The van der Waals surface area contributed by atoms with Gasteiger partial charge in [-0.15, -0.1) is 0 Å². The lowest BCUT2D eigenvalue weighted by atomic mass is 9.86. The van der Waals surface area contributed by atoms with Gasteiger partial charge >= 0.3 is 6.03 Å². The third kappa shape index (κ3) is 5.18. The number of nitrogens with zero attached hydrogens (tertiary/aromatic N) is 2. The van der Waals surface area contributed by atoms with Crippen LogP contribution < -0.4 is 18.9 Å². The van der Waals surface area contributed by atoms with Gasteiger partial charge in [0.25, 0.3) is 0 Å². The van der Waals surface area contributed by atoms with E-state index >= 15 is 0 Å². The molecule has 9 heteroatoms. The van der Waals surface area contributed by atoms with Gasteiger partial charge in [0.15, 0.2) is 23.0 Å². The van der Waals surface area contributed by atoms with Gasteiger partial charge in [-0.05, 0) is 82.6 Å². The predicted molar refractivity (Wildman–Crippen MR) is 172 cm³/mol. The number of fused-ring (bicyclic) bond motifs is 2. The third-order valence-corrected chi connectivity index (χ3v) is 9.33. The van der Waals surface area contributed by atoms with E-state index in [1.54, 1.807) is 28.4 Å². The summed E-state index contributed by atoms with van der Waals surface area (Å²) in [6.07, 6.45) is 1.29. The summed E-state index contributed by atoms with van der Waals surface area (Å²) >= 11 is 13.7. The molecule has 44 heavy (non-hydrogen) atoms. The van der Waals surface area contributed by atoms with Gasteiger partial charge in [0, 0.05) is 23.1 Å². The molecule has 228 valence electrons. The molecular formula is C35H34Cl2N2O5. The predicted octanol–water partition coefficient (Wildman–Crippen LogP) is 7.74. The standard InChI is InChI=1S/C35H34Cl2N2O5/c1-41-29-17-21-13-15-38(33(25(21)19-31(29)43-3)23-9-5-7-11-27(23)36)35(40)39-16-14-22-18-30(42-2)32(44-4)20-26(22)34(39)24-10-6-8-12-28(24)37/h5-12,17-20,33-34H,13-16H2,1-4H3/t33-,34-/m1/s1. The maximum absolute atomic E-state index is 15.0. The summed E-state index contributed by atoms with van der Waals surface area (Å²) in [5, 5.41) is 1.17. The van der Waals surface area contributed by atoms with Crippen molar-refractivity contribution in [1.29, 1.82) is 0 Å². The smallest absolute Gasteiger partial charge is 0.321 e. The fourth-order valence-corrected chi connectivity index (χ4v) is 7.01. The Kier molecular flexibility index (Phi) is 8.52. The van der Waals surface area contributed by atoms with E-state index in [4.69, 9.17) is 42.1 Å². The van der Waals surface area contributed by atoms with Crippen molar-refractivity contribution in [3.63, 3.8) is 0 Å². The zero-order valence-corrected chi connectivity index (χ0v) is 26.6. The zero-order chi connectivity index (χ0) is 31.0. The molecule has 4 aromatic rings. The minimum absolute atomic E-state index is 0.110. The second-order valence-corrected chi connectivity index (χ2v) is 11.6. The molecule has 0 saturated heterocycles. The summed E-state index contributed by atoms with van der Waals surface area (Å²) in [5.41, 5.74) is 5.75. The molecule has 4 aromatic carbocycles. The Hall–Kier alpha value is -4.07. The first-order valence-electron chi connectivity index (χ1n) is 14.5. The summed E-state index contributed by atoms with van der Waals surface area (Å²) < 4.78 is 22.6. The molecule has 2 heterocycles. The van der Waals surface area contributed by atoms with Crippen LogP contribution in [0.4, 0.5) is 4.79 Å². The molecule has 0 radical (unpaired) electrons. The van der Waals surface area contributed by atoms with Gasteiger partial charge in [-0.1, -0.05) is 59.6 Å². The third-order valence-electron chi connectivity index (χ3n) is 8.64. The van der Waals surface area contributed by atoms with E-state index in [0.29, 0.717) is 59.0 Å². The molecular weight excluding hydrogens is 599 g/mol. The van der Waals surface area contributed by atoms with Crippen LogP contribution in [0.1, 0.15) is 45.5 Å². The van der Waals surface area contributed by atoms with Crippen LogP contribution in [0, 0.1) is 0 Å². The van der Waals surface area contributed by atoms with E-state index in [0.717, 1.165) is 33.4 Å². The molecule has 6 rings (SSSR count). The summed E-state index contributed by atoms with van der Waals surface area (Å²) in [4.78, 5) is 18.8. The van der Waals surface area contributed by atoms with Crippen molar-refractivity contribution in [3.05, 3.63) is 116 Å². The van der Waals surface area contributed by atoms with Crippen LogP contribution >= 0.6 is 23.2 Å². The summed E-state index contributed by atoms with van der Waals surface area (Å²) in [7, 11) is 6.48. The monoisotopic (exact) mass is 632 g/mol. The van der Waals surface area contributed by atoms with E-state index in [1.165, 1.54) is 0 Å². The van der Waals surface area contributed by atoms with Crippen molar-refractivity contribution in [1.82, 2.24) is 9.80 Å². The Bertz CT molecular complexity index is 1590. The van der Waals surface area contributed by atoms with E-state index in [9.17, 15) is 4.79 Å². The first kappa shape index (κ1) is 30.0. The quantitative estimate of drug-likeness (QED) is 0.218. The van der Waals surface area contributed by atoms with Gasteiger partial charge < -0.3 is 28.7 Å². The van der Waals surface area contributed by atoms with Gasteiger partial charge in [0.05, 0.1) is 40.5 Å². The van der Waals surface area contributed by atoms with Crippen LogP contribution in [0.25, 0.3) is 0 Å². The Morgan fingerprint density at radius 3 is 1.32 bits per heavy atom. The highest BCUT2D eigenvalue weighted by molar-refractivity contribution is 6.31. The minimum atomic E-state index is -0.446. The molecule has 7 nitrogen and oxygen atoms in total. The number of carbonyl (C=O) groups excluding carboxylic acids is 1. The number of amides is 2. The fraction of sp³-hybridized carbons (Fsp3) is 0.286. The van der Waals surface area contributed by atoms with Crippen molar-refractivity contribution < 1.29 is 23.7 Å². The van der Waals surface area contributed by atoms with Gasteiger partial charge in [-0.2, -0.15) is 0 Å². The number of hydrogen-bond donors (Lipinski definition) is 0. The molecule has 2 aliphatic rings. The molecule has 0 aliphatic carbocycles. The molecule has 2 amide bonds. The Morgan fingerprint density at radius 1 is 0.591 bits per heavy atom. The van der Waals surface area contributed by atoms with Gasteiger partial charge in [-0.3, -0.25) is 0 Å². The van der Waals surface area contributed by atoms with Crippen molar-refractivity contribution in [3.8, 4) is 23.0 Å². The van der Waals surface area contributed by atoms with Gasteiger partial charge in [0.1, 0.15) is 0 Å².